The van der Waals surface area contributed by atoms with E-state index in [1.54, 1.807) is 11.3 Å². The summed E-state index contributed by atoms with van der Waals surface area (Å²) in [4.78, 5) is 5.25. The second kappa shape index (κ2) is 3.27. The van der Waals surface area contributed by atoms with E-state index in [-0.39, 0.29) is 6.04 Å². The third-order valence-corrected chi connectivity index (χ3v) is 2.82. The smallest absolute Gasteiger partial charge is 0.145 e. The molecule has 2 aromatic heterocycles. The van der Waals surface area contributed by atoms with Gasteiger partial charge in [0.1, 0.15) is 12.2 Å². The Labute approximate surface area is 79.8 Å². The molecule has 0 fully saturated rings. The first-order chi connectivity index (χ1) is 6.29. The Balaban J connectivity index is 2.33. The molecule has 0 aliphatic heterocycles. The molecule has 0 aliphatic rings. The third kappa shape index (κ3) is 1.48. The Morgan fingerprint density at radius 3 is 3.00 bits per heavy atom. The highest BCUT2D eigenvalue weighted by molar-refractivity contribution is 7.10. The molecule has 2 heterocycles. The number of nitrogens with zero attached hydrogens (tertiary/aromatic N) is 2. The van der Waals surface area contributed by atoms with E-state index in [0.29, 0.717) is 5.82 Å². The van der Waals surface area contributed by atoms with Crippen molar-refractivity contribution >= 4 is 11.3 Å². The van der Waals surface area contributed by atoms with Gasteiger partial charge in [-0.2, -0.15) is 5.10 Å². The van der Waals surface area contributed by atoms with Crippen molar-refractivity contribution in [3.63, 3.8) is 0 Å². The van der Waals surface area contributed by atoms with Gasteiger partial charge < -0.3 is 5.73 Å². The summed E-state index contributed by atoms with van der Waals surface area (Å²) < 4.78 is 0. The highest BCUT2D eigenvalue weighted by Crippen LogP contribution is 2.23. The third-order valence-electron chi connectivity index (χ3n) is 1.96. The number of H-pyrrole nitrogens is 1. The maximum Gasteiger partial charge on any atom is 0.145 e. The average Bonchev–Trinajstić information content (AvgIpc) is 2.72. The van der Waals surface area contributed by atoms with Crippen LogP contribution in [0.4, 0.5) is 0 Å². The molecule has 0 radical (unpaired) electrons. The van der Waals surface area contributed by atoms with Crippen LogP contribution < -0.4 is 5.73 Å². The fourth-order valence-electron chi connectivity index (χ4n) is 1.23. The van der Waals surface area contributed by atoms with Gasteiger partial charge in [0.2, 0.25) is 0 Å². The summed E-state index contributed by atoms with van der Waals surface area (Å²) in [5.41, 5.74) is 7.09. The second-order valence-corrected chi connectivity index (χ2v) is 3.90. The minimum atomic E-state index is -0.186. The maximum atomic E-state index is 5.98. The van der Waals surface area contributed by atoms with Crippen molar-refractivity contribution in [2.24, 2.45) is 5.73 Å². The molecular weight excluding hydrogens is 184 g/mol. The predicted molar refractivity (Wildman–Crippen MR) is 51.5 cm³/mol. The molecule has 0 saturated carbocycles. The highest BCUT2D eigenvalue weighted by Gasteiger charge is 2.14. The zero-order valence-electron chi connectivity index (χ0n) is 7.19. The topological polar surface area (TPSA) is 67.6 Å². The van der Waals surface area contributed by atoms with Crippen molar-refractivity contribution < 1.29 is 0 Å². The lowest BCUT2D eigenvalue weighted by atomic mass is 10.1. The van der Waals surface area contributed by atoms with Gasteiger partial charge in [0.15, 0.2) is 0 Å². The number of nitrogens with two attached hydrogens (primary N) is 1. The van der Waals surface area contributed by atoms with Gasteiger partial charge in [-0.3, -0.25) is 5.10 Å². The van der Waals surface area contributed by atoms with E-state index in [1.807, 2.05) is 11.4 Å². The van der Waals surface area contributed by atoms with Crippen LogP contribution in [0, 0.1) is 6.92 Å². The van der Waals surface area contributed by atoms with Gasteiger partial charge in [-0.1, -0.05) is 0 Å². The van der Waals surface area contributed by atoms with Crippen LogP contribution in [-0.2, 0) is 0 Å². The van der Waals surface area contributed by atoms with Gasteiger partial charge >= 0.3 is 0 Å². The lowest BCUT2D eigenvalue weighted by molar-refractivity contribution is 0.786. The summed E-state index contributed by atoms with van der Waals surface area (Å²) >= 11 is 1.69. The summed E-state index contributed by atoms with van der Waals surface area (Å²) in [6, 6.07) is 1.83. The van der Waals surface area contributed by atoms with Crippen molar-refractivity contribution in [2.45, 2.75) is 13.0 Å². The van der Waals surface area contributed by atoms with E-state index in [0.717, 1.165) is 5.56 Å². The molecule has 4 nitrogen and oxygen atoms in total. The first-order valence-electron chi connectivity index (χ1n) is 3.94. The Hall–Kier alpha value is -1.20. The molecule has 13 heavy (non-hydrogen) atoms. The molecule has 0 bridgehead atoms. The molecular formula is C8H10N4S. The summed E-state index contributed by atoms with van der Waals surface area (Å²) in [6.07, 6.45) is 1.47. The molecule has 0 aliphatic carbocycles. The highest BCUT2D eigenvalue weighted by atomic mass is 32.1. The van der Waals surface area contributed by atoms with Crippen LogP contribution >= 0.6 is 11.3 Å². The number of hydrogen-bond acceptors (Lipinski definition) is 4. The Bertz CT molecular complexity index is 379. The van der Waals surface area contributed by atoms with Gasteiger partial charge in [0.25, 0.3) is 0 Å². The number of nitrogens with one attached hydrogen (secondary N) is 1. The largest absolute Gasteiger partial charge is 0.318 e. The summed E-state index contributed by atoms with van der Waals surface area (Å²) in [5, 5.41) is 8.57. The van der Waals surface area contributed by atoms with Crippen LogP contribution in [-0.4, -0.2) is 15.2 Å². The van der Waals surface area contributed by atoms with Gasteiger partial charge in [0, 0.05) is 4.88 Å². The van der Waals surface area contributed by atoms with Crippen molar-refractivity contribution in [3.05, 3.63) is 34.0 Å². The fraction of sp³-hybridized carbons (Fsp3) is 0.250. The monoisotopic (exact) mass is 194 g/mol. The molecule has 2 rings (SSSR count). The Kier molecular flexibility index (Phi) is 2.12. The van der Waals surface area contributed by atoms with Crippen LogP contribution in [0.1, 0.15) is 22.3 Å². The van der Waals surface area contributed by atoms with Crippen LogP contribution in [0.25, 0.3) is 0 Å². The van der Waals surface area contributed by atoms with E-state index >= 15 is 0 Å². The van der Waals surface area contributed by atoms with Crippen molar-refractivity contribution in [1.82, 2.24) is 15.2 Å². The molecule has 1 unspecified atom stereocenters. The van der Waals surface area contributed by atoms with Crippen molar-refractivity contribution in [3.8, 4) is 0 Å². The van der Waals surface area contributed by atoms with Crippen LogP contribution in [0.5, 0.6) is 0 Å². The zero-order chi connectivity index (χ0) is 9.26. The number of thiophene rings is 1. The number of rotatable bonds is 2. The van der Waals surface area contributed by atoms with E-state index < -0.39 is 0 Å². The van der Waals surface area contributed by atoms with E-state index in [4.69, 9.17) is 5.73 Å². The second-order valence-electron chi connectivity index (χ2n) is 2.78. The summed E-state index contributed by atoms with van der Waals surface area (Å²) in [7, 11) is 0. The number of aryl methyl sites for hydroxylation is 1. The Morgan fingerprint density at radius 2 is 2.46 bits per heavy atom. The van der Waals surface area contributed by atoms with Crippen LogP contribution in [0.3, 0.4) is 0 Å². The molecule has 5 heteroatoms. The van der Waals surface area contributed by atoms with Gasteiger partial charge in [-0.05, 0) is 23.9 Å². The minimum Gasteiger partial charge on any atom is -0.318 e. The first kappa shape index (κ1) is 8.40. The lowest BCUT2D eigenvalue weighted by Gasteiger charge is -2.06. The van der Waals surface area contributed by atoms with Crippen LogP contribution in [0.2, 0.25) is 0 Å². The van der Waals surface area contributed by atoms with Crippen LogP contribution in [0.15, 0.2) is 17.8 Å². The summed E-state index contributed by atoms with van der Waals surface area (Å²) in [6.45, 7) is 2.05. The molecule has 3 N–H and O–H groups in total. The predicted octanol–water partition coefficient (Wildman–Crippen LogP) is 1.22. The molecule has 2 aromatic rings. The van der Waals surface area contributed by atoms with Gasteiger partial charge in [-0.15, -0.1) is 11.3 Å². The molecule has 0 saturated heterocycles. The SMILES string of the molecule is Cc1sccc1C(N)c1ncn[nH]1. The maximum absolute atomic E-state index is 5.98. The zero-order valence-corrected chi connectivity index (χ0v) is 8.01. The molecule has 0 spiro atoms. The molecule has 1 atom stereocenters. The fourth-order valence-corrected chi connectivity index (χ4v) is 1.98. The number of hydrogen-bond donors (Lipinski definition) is 2. The molecule has 68 valence electrons. The molecule has 0 amide bonds. The minimum absolute atomic E-state index is 0.186. The van der Waals surface area contributed by atoms with Gasteiger partial charge in [0.05, 0.1) is 6.04 Å². The average molecular weight is 194 g/mol. The summed E-state index contributed by atoms with van der Waals surface area (Å²) in [5.74, 6) is 0.710. The van der Waals surface area contributed by atoms with Gasteiger partial charge in [-0.25, -0.2) is 4.98 Å². The lowest BCUT2D eigenvalue weighted by Crippen LogP contribution is -2.13. The van der Waals surface area contributed by atoms with E-state index in [1.165, 1.54) is 11.2 Å². The van der Waals surface area contributed by atoms with E-state index in [9.17, 15) is 0 Å². The van der Waals surface area contributed by atoms with E-state index in [2.05, 4.69) is 22.1 Å². The first-order valence-corrected chi connectivity index (χ1v) is 4.82. The number of aromatic nitrogens is 3. The van der Waals surface area contributed by atoms with Crippen molar-refractivity contribution in [1.29, 1.82) is 0 Å². The number of aromatic amines is 1. The standard InChI is InChI=1S/C8H10N4S/c1-5-6(2-3-13-5)7(9)8-10-4-11-12-8/h2-4,7H,9H2,1H3,(H,10,11,12). The normalized spacial score (nSPS) is 13.1. The quantitative estimate of drug-likeness (QED) is 0.755. The molecule has 0 aromatic carbocycles. The van der Waals surface area contributed by atoms with Crippen molar-refractivity contribution in [2.75, 3.05) is 0 Å². The Morgan fingerprint density at radius 1 is 1.62 bits per heavy atom.